The molecule has 1 heterocycles. The van der Waals surface area contributed by atoms with Gasteiger partial charge in [0.2, 0.25) is 15.9 Å². The molecule has 0 bridgehead atoms. The fraction of sp³-hybridized carbons (Fsp3) is 0.600. The molecule has 1 rings (SSSR count). The van der Waals surface area contributed by atoms with E-state index in [1.165, 1.54) is 0 Å². The molecule has 108 valence electrons. The van der Waals surface area contributed by atoms with Crippen LogP contribution in [0.5, 0.6) is 5.88 Å². The van der Waals surface area contributed by atoms with Crippen molar-refractivity contribution < 1.29 is 13.5 Å². The van der Waals surface area contributed by atoms with Gasteiger partial charge in [-0.25, -0.2) is 17.9 Å². The molecule has 0 amide bonds. The molecule has 0 spiro atoms. The Morgan fingerprint density at radius 3 is 2.53 bits per heavy atom. The van der Waals surface area contributed by atoms with Crippen LogP contribution in [0.1, 0.15) is 18.9 Å². The summed E-state index contributed by atoms with van der Waals surface area (Å²) in [6.07, 6.45) is 1.64. The smallest absolute Gasteiger partial charge is 0.331 e. The fourth-order valence-corrected chi connectivity index (χ4v) is 2.14. The summed E-state index contributed by atoms with van der Waals surface area (Å²) < 4.78 is 25.0. The number of rotatable bonds is 6. The monoisotopic (exact) mass is 291 g/mol. The first-order chi connectivity index (χ1) is 8.76. The Balaban J connectivity index is 2.85. The molecule has 1 aromatic rings. The van der Waals surface area contributed by atoms with E-state index < -0.39 is 21.3 Å². The third kappa shape index (κ3) is 4.21. The lowest BCUT2D eigenvalue weighted by Gasteiger charge is -2.10. The van der Waals surface area contributed by atoms with Gasteiger partial charge in [-0.2, -0.15) is 0 Å². The summed E-state index contributed by atoms with van der Waals surface area (Å²) in [6, 6.07) is 0. The summed E-state index contributed by atoms with van der Waals surface area (Å²) in [4.78, 5) is 25.0. The lowest BCUT2D eigenvalue weighted by atomic mass is 10.2. The van der Waals surface area contributed by atoms with Crippen molar-refractivity contribution >= 4 is 10.0 Å². The first-order valence-corrected chi connectivity index (χ1v) is 7.65. The Morgan fingerprint density at radius 1 is 1.37 bits per heavy atom. The van der Waals surface area contributed by atoms with E-state index in [2.05, 4.69) is 9.71 Å². The van der Waals surface area contributed by atoms with Gasteiger partial charge in [0.1, 0.15) is 0 Å². The third-order valence-corrected chi connectivity index (χ3v) is 3.27. The number of aromatic hydroxyl groups is 1. The van der Waals surface area contributed by atoms with Crippen molar-refractivity contribution in [1.82, 2.24) is 14.3 Å². The largest absolute Gasteiger partial charge is 0.494 e. The predicted octanol–water partition coefficient (Wildman–Crippen LogP) is -1.26. The zero-order valence-corrected chi connectivity index (χ0v) is 11.6. The van der Waals surface area contributed by atoms with E-state index in [4.69, 9.17) is 0 Å². The van der Waals surface area contributed by atoms with Crippen molar-refractivity contribution in [3.05, 3.63) is 26.4 Å². The number of sulfonamides is 1. The number of aromatic amines is 1. The standard InChI is InChI=1S/C10H17N3O5S/c1-3-7-8(14)12-10(16)13(9(7)15)6-4-5-11-19(2,17)18/h11,15H,3-6H2,1-2H3,(H,12,14,16). The second-order valence-electron chi connectivity index (χ2n) is 4.09. The lowest BCUT2D eigenvalue weighted by molar-refractivity contribution is 0.389. The summed E-state index contributed by atoms with van der Waals surface area (Å²) >= 11 is 0. The SMILES string of the molecule is CCc1c(O)n(CCCNS(C)(=O)=O)c(=O)[nH]c1=O. The molecule has 0 aliphatic heterocycles. The van der Waals surface area contributed by atoms with Gasteiger partial charge in [0, 0.05) is 13.1 Å². The minimum Gasteiger partial charge on any atom is -0.494 e. The molecule has 19 heavy (non-hydrogen) atoms. The van der Waals surface area contributed by atoms with Crippen LogP contribution in [0, 0.1) is 0 Å². The molecule has 0 aliphatic rings. The van der Waals surface area contributed by atoms with Crippen LogP contribution in [-0.4, -0.2) is 35.9 Å². The molecule has 0 saturated carbocycles. The zero-order chi connectivity index (χ0) is 14.6. The molecule has 0 fully saturated rings. The maximum absolute atomic E-state index is 11.5. The number of hydrogen-bond donors (Lipinski definition) is 3. The van der Waals surface area contributed by atoms with Crippen molar-refractivity contribution in [2.75, 3.05) is 12.8 Å². The summed E-state index contributed by atoms with van der Waals surface area (Å²) in [6.45, 7) is 1.94. The average Bonchev–Trinajstić information content (AvgIpc) is 2.26. The second-order valence-corrected chi connectivity index (χ2v) is 5.92. The van der Waals surface area contributed by atoms with Crippen molar-refractivity contribution in [3.8, 4) is 5.88 Å². The van der Waals surface area contributed by atoms with Gasteiger partial charge in [0.15, 0.2) is 0 Å². The minimum absolute atomic E-state index is 0.108. The Labute approximate surface area is 110 Å². The minimum atomic E-state index is -3.28. The van der Waals surface area contributed by atoms with Crippen LogP contribution >= 0.6 is 0 Å². The van der Waals surface area contributed by atoms with Crippen LogP contribution in [0.25, 0.3) is 0 Å². The average molecular weight is 291 g/mol. The molecule has 0 atom stereocenters. The number of aromatic nitrogens is 2. The van der Waals surface area contributed by atoms with Crippen molar-refractivity contribution in [1.29, 1.82) is 0 Å². The summed E-state index contributed by atoms with van der Waals surface area (Å²) in [5, 5.41) is 9.81. The highest BCUT2D eigenvalue weighted by Gasteiger charge is 2.12. The molecule has 3 N–H and O–H groups in total. The Kier molecular flexibility index (Phi) is 4.90. The number of H-pyrrole nitrogens is 1. The van der Waals surface area contributed by atoms with Crippen LogP contribution in [0.3, 0.4) is 0 Å². The maximum Gasteiger partial charge on any atom is 0.331 e. The van der Waals surface area contributed by atoms with Gasteiger partial charge < -0.3 is 5.11 Å². The van der Waals surface area contributed by atoms with E-state index in [0.717, 1.165) is 10.8 Å². The van der Waals surface area contributed by atoms with Crippen LogP contribution < -0.4 is 16.0 Å². The summed E-state index contributed by atoms with van der Waals surface area (Å²) in [7, 11) is -3.28. The number of nitrogens with zero attached hydrogens (tertiary/aromatic N) is 1. The van der Waals surface area contributed by atoms with Gasteiger partial charge in [-0.3, -0.25) is 14.3 Å². The van der Waals surface area contributed by atoms with E-state index >= 15 is 0 Å². The molecule has 9 heteroatoms. The van der Waals surface area contributed by atoms with Crippen molar-refractivity contribution in [2.24, 2.45) is 0 Å². The maximum atomic E-state index is 11.5. The number of nitrogens with one attached hydrogen (secondary N) is 2. The molecular weight excluding hydrogens is 274 g/mol. The normalized spacial score (nSPS) is 11.7. The van der Waals surface area contributed by atoms with Crippen LogP contribution in [0.2, 0.25) is 0 Å². The molecule has 1 aromatic heterocycles. The molecule has 0 aromatic carbocycles. The molecule has 0 radical (unpaired) electrons. The van der Waals surface area contributed by atoms with E-state index in [0.29, 0.717) is 12.8 Å². The fourth-order valence-electron chi connectivity index (χ4n) is 1.62. The molecule has 0 saturated heterocycles. The molecule has 8 nitrogen and oxygen atoms in total. The van der Waals surface area contributed by atoms with E-state index in [-0.39, 0.29) is 24.5 Å². The van der Waals surface area contributed by atoms with Crippen molar-refractivity contribution in [2.45, 2.75) is 26.3 Å². The van der Waals surface area contributed by atoms with E-state index in [1.807, 2.05) is 0 Å². The Bertz CT molecular complexity index is 659. The van der Waals surface area contributed by atoms with Crippen LogP contribution in [-0.2, 0) is 23.0 Å². The summed E-state index contributed by atoms with van der Waals surface area (Å²) in [5.74, 6) is -0.365. The van der Waals surface area contributed by atoms with Crippen molar-refractivity contribution in [3.63, 3.8) is 0 Å². The van der Waals surface area contributed by atoms with Crippen LogP contribution in [0.15, 0.2) is 9.59 Å². The second kappa shape index (κ2) is 6.02. The quantitative estimate of drug-likeness (QED) is 0.565. The molecule has 0 unspecified atom stereocenters. The first kappa shape index (κ1) is 15.4. The van der Waals surface area contributed by atoms with Crippen LogP contribution in [0.4, 0.5) is 0 Å². The topological polar surface area (TPSA) is 121 Å². The van der Waals surface area contributed by atoms with E-state index in [9.17, 15) is 23.1 Å². The van der Waals surface area contributed by atoms with Gasteiger partial charge in [-0.1, -0.05) is 6.92 Å². The predicted molar refractivity (Wildman–Crippen MR) is 69.8 cm³/mol. The van der Waals surface area contributed by atoms with Gasteiger partial charge >= 0.3 is 5.69 Å². The highest BCUT2D eigenvalue weighted by molar-refractivity contribution is 7.88. The molecule has 0 aliphatic carbocycles. The van der Waals surface area contributed by atoms with Gasteiger partial charge in [0.05, 0.1) is 11.8 Å². The highest BCUT2D eigenvalue weighted by Crippen LogP contribution is 2.10. The number of hydrogen-bond acceptors (Lipinski definition) is 5. The van der Waals surface area contributed by atoms with Gasteiger partial charge in [-0.15, -0.1) is 0 Å². The Morgan fingerprint density at radius 2 is 2.00 bits per heavy atom. The summed E-state index contributed by atoms with van der Waals surface area (Å²) in [5.41, 5.74) is -1.18. The van der Waals surface area contributed by atoms with Gasteiger partial charge in [0.25, 0.3) is 5.56 Å². The Hall–Kier alpha value is -1.61. The molecular formula is C10H17N3O5S. The first-order valence-electron chi connectivity index (χ1n) is 5.76. The van der Waals surface area contributed by atoms with Gasteiger partial charge in [-0.05, 0) is 12.8 Å². The highest BCUT2D eigenvalue weighted by atomic mass is 32.2. The lowest BCUT2D eigenvalue weighted by Crippen LogP contribution is -2.33. The van der Waals surface area contributed by atoms with E-state index in [1.54, 1.807) is 6.92 Å². The third-order valence-electron chi connectivity index (χ3n) is 2.54. The zero-order valence-electron chi connectivity index (χ0n) is 10.8.